The molecule has 0 unspecified atom stereocenters. The van der Waals surface area contributed by atoms with Gasteiger partial charge in [-0.05, 0) is 31.0 Å². The van der Waals surface area contributed by atoms with Gasteiger partial charge in [0.05, 0.1) is 23.2 Å². The highest BCUT2D eigenvalue weighted by atomic mass is 16.5. The number of fused-ring (bicyclic) bond motifs is 3. The number of hydrogen-bond donors (Lipinski definition) is 0. The van der Waals surface area contributed by atoms with Crippen LogP contribution >= 0.6 is 0 Å². The minimum absolute atomic E-state index is 0.116. The van der Waals surface area contributed by atoms with E-state index >= 15 is 0 Å². The second-order valence-electron chi connectivity index (χ2n) is 5.71. The Balaban J connectivity index is 2.29. The number of rotatable bonds is 4. The molecule has 0 amide bonds. The Bertz CT molecular complexity index is 937. The van der Waals surface area contributed by atoms with Gasteiger partial charge in [-0.2, -0.15) is 5.10 Å². The summed E-state index contributed by atoms with van der Waals surface area (Å²) in [5, 5.41) is 5.00. The van der Waals surface area contributed by atoms with Crippen molar-refractivity contribution in [3.05, 3.63) is 46.5 Å². The Morgan fingerprint density at radius 1 is 1.35 bits per heavy atom. The van der Waals surface area contributed by atoms with Crippen LogP contribution in [0.25, 0.3) is 16.4 Å². The molecule has 3 rings (SSSR count). The number of hydrogen-bond acceptors (Lipinski definition) is 4. The van der Waals surface area contributed by atoms with E-state index in [0.29, 0.717) is 5.39 Å². The summed E-state index contributed by atoms with van der Waals surface area (Å²) in [4.78, 5) is 24.4. The molecule has 0 atom stereocenters. The van der Waals surface area contributed by atoms with E-state index in [0.717, 1.165) is 16.7 Å². The molecule has 0 aromatic carbocycles. The Hall–Kier alpha value is -2.63. The van der Waals surface area contributed by atoms with Gasteiger partial charge < -0.3 is 9.14 Å². The van der Waals surface area contributed by atoms with Crippen molar-refractivity contribution in [2.24, 2.45) is 0 Å². The standard InChI is InChI=1S/C17H19N3O3/c1-4-23-14(21)10-20-17(22)13-9-12-7-5-6-8-19(12)16(13)15(18-20)11(2)3/h5-9,11H,4,10H2,1-3H3. The van der Waals surface area contributed by atoms with Gasteiger partial charge in [0.25, 0.3) is 5.56 Å². The van der Waals surface area contributed by atoms with Gasteiger partial charge in [-0.25, -0.2) is 4.68 Å². The molecule has 0 radical (unpaired) electrons. The molecule has 0 aliphatic heterocycles. The lowest BCUT2D eigenvalue weighted by Crippen LogP contribution is -2.29. The smallest absolute Gasteiger partial charge is 0.327 e. The highest BCUT2D eigenvalue weighted by Gasteiger charge is 2.18. The van der Waals surface area contributed by atoms with Gasteiger partial charge >= 0.3 is 5.97 Å². The summed E-state index contributed by atoms with van der Waals surface area (Å²) >= 11 is 0. The van der Waals surface area contributed by atoms with Gasteiger partial charge in [-0.15, -0.1) is 0 Å². The van der Waals surface area contributed by atoms with Crippen molar-refractivity contribution in [2.75, 3.05) is 6.61 Å². The Morgan fingerprint density at radius 2 is 2.13 bits per heavy atom. The van der Waals surface area contributed by atoms with Gasteiger partial charge in [0.1, 0.15) is 6.54 Å². The van der Waals surface area contributed by atoms with Gasteiger partial charge in [0.15, 0.2) is 0 Å². The molecule has 3 aromatic heterocycles. The van der Waals surface area contributed by atoms with Gasteiger partial charge in [0.2, 0.25) is 0 Å². The van der Waals surface area contributed by atoms with Crippen LogP contribution in [0.5, 0.6) is 0 Å². The van der Waals surface area contributed by atoms with E-state index in [4.69, 9.17) is 4.74 Å². The second kappa shape index (κ2) is 5.87. The molecule has 6 heteroatoms. The molecule has 6 nitrogen and oxygen atoms in total. The van der Waals surface area contributed by atoms with E-state index in [9.17, 15) is 9.59 Å². The second-order valence-corrected chi connectivity index (χ2v) is 5.71. The van der Waals surface area contributed by atoms with Crippen molar-refractivity contribution in [3.8, 4) is 0 Å². The summed E-state index contributed by atoms with van der Waals surface area (Å²) in [5.74, 6) is -0.343. The molecule has 23 heavy (non-hydrogen) atoms. The molecule has 3 aromatic rings. The molecule has 0 N–H and O–H groups in total. The maximum absolute atomic E-state index is 12.7. The number of carbonyl (C=O) groups excluding carboxylic acids is 1. The van der Waals surface area contributed by atoms with E-state index in [1.54, 1.807) is 6.92 Å². The topological polar surface area (TPSA) is 65.6 Å². The molecule has 3 heterocycles. The van der Waals surface area contributed by atoms with Crippen molar-refractivity contribution in [1.29, 1.82) is 0 Å². The first-order valence-corrected chi connectivity index (χ1v) is 7.69. The van der Waals surface area contributed by atoms with E-state index in [1.807, 2.05) is 48.7 Å². The lowest BCUT2D eigenvalue weighted by atomic mass is 10.1. The van der Waals surface area contributed by atoms with Crippen LogP contribution in [-0.2, 0) is 16.1 Å². The molecule has 0 bridgehead atoms. The molecule has 120 valence electrons. The van der Waals surface area contributed by atoms with Crippen molar-refractivity contribution < 1.29 is 9.53 Å². The SMILES string of the molecule is CCOC(=O)Cn1nc(C(C)C)c2c(cc3ccccn32)c1=O. The molecule has 0 aliphatic rings. The number of aromatic nitrogens is 3. The van der Waals surface area contributed by atoms with Crippen LogP contribution in [-0.4, -0.2) is 26.8 Å². The van der Waals surface area contributed by atoms with Crippen LogP contribution in [0.1, 0.15) is 32.4 Å². The fourth-order valence-corrected chi connectivity index (χ4v) is 2.73. The number of pyridine rings is 1. The highest BCUT2D eigenvalue weighted by molar-refractivity contribution is 5.88. The third-order valence-corrected chi connectivity index (χ3v) is 3.75. The van der Waals surface area contributed by atoms with Crippen molar-refractivity contribution in [3.63, 3.8) is 0 Å². The molecule has 0 aliphatic carbocycles. The number of ether oxygens (including phenoxy) is 1. The first kappa shape index (κ1) is 15.3. The Kier molecular flexibility index (Phi) is 3.90. The summed E-state index contributed by atoms with van der Waals surface area (Å²) < 4.78 is 8.10. The highest BCUT2D eigenvalue weighted by Crippen LogP contribution is 2.24. The lowest BCUT2D eigenvalue weighted by Gasteiger charge is -2.11. The Labute approximate surface area is 133 Å². The van der Waals surface area contributed by atoms with Gasteiger partial charge in [-0.3, -0.25) is 9.59 Å². The van der Waals surface area contributed by atoms with Gasteiger partial charge in [0, 0.05) is 11.7 Å². The van der Waals surface area contributed by atoms with Crippen LogP contribution in [0.3, 0.4) is 0 Å². The summed E-state index contributed by atoms with van der Waals surface area (Å²) in [6, 6.07) is 7.63. The third-order valence-electron chi connectivity index (χ3n) is 3.75. The lowest BCUT2D eigenvalue weighted by molar-refractivity contribution is -0.144. The predicted molar refractivity (Wildman–Crippen MR) is 87.7 cm³/mol. The zero-order valence-corrected chi connectivity index (χ0v) is 13.4. The van der Waals surface area contributed by atoms with Crippen molar-refractivity contribution >= 4 is 22.4 Å². The molecule has 0 fully saturated rings. The monoisotopic (exact) mass is 313 g/mol. The molecule has 0 saturated heterocycles. The Morgan fingerprint density at radius 3 is 2.83 bits per heavy atom. The zero-order chi connectivity index (χ0) is 16.6. The van der Waals surface area contributed by atoms with E-state index in [-0.39, 0.29) is 24.6 Å². The van der Waals surface area contributed by atoms with Crippen molar-refractivity contribution in [1.82, 2.24) is 14.2 Å². The van der Waals surface area contributed by atoms with E-state index in [2.05, 4.69) is 5.10 Å². The fraction of sp³-hybridized carbons (Fsp3) is 0.353. The molecule has 0 saturated carbocycles. The van der Waals surface area contributed by atoms with Crippen LogP contribution in [0.2, 0.25) is 0 Å². The van der Waals surface area contributed by atoms with Gasteiger partial charge in [-0.1, -0.05) is 19.9 Å². The summed E-state index contributed by atoms with van der Waals surface area (Å²) in [6.45, 7) is 5.88. The fourth-order valence-electron chi connectivity index (χ4n) is 2.73. The van der Waals surface area contributed by atoms with E-state index < -0.39 is 5.97 Å². The largest absolute Gasteiger partial charge is 0.465 e. The van der Waals surface area contributed by atoms with Crippen LogP contribution in [0.4, 0.5) is 0 Å². The zero-order valence-electron chi connectivity index (χ0n) is 13.4. The number of esters is 1. The minimum Gasteiger partial charge on any atom is -0.465 e. The molecular formula is C17H19N3O3. The maximum Gasteiger partial charge on any atom is 0.327 e. The third kappa shape index (κ3) is 2.60. The minimum atomic E-state index is -0.458. The predicted octanol–water partition coefficient (Wildman–Crippen LogP) is 2.34. The average Bonchev–Trinajstić information content (AvgIpc) is 2.90. The van der Waals surface area contributed by atoms with Crippen LogP contribution < -0.4 is 5.56 Å². The van der Waals surface area contributed by atoms with Crippen LogP contribution in [0.15, 0.2) is 35.3 Å². The molecule has 0 spiro atoms. The first-order valence-electron chi connectivity index (χ1n) is 7.69. The van der Waals surface area contributed by atoms with Crippen molar-refractivity contribution in [2.45, 2.75) is 33.2 Å². The number of carbonyl (C=O) groups is 1. The summed E-state index contributed by atoms with van der Waals surface area (Å²) in [5.41, 5.74) is 2.24. The molecular weight excluding hydrogens is 294 g/mol. The van der Waals surface area contributed by atoms with E-state index in [1.165, 1.54) is 4.68 Å². The maximum atomic E-state index is 12.7. The first-order chi connectivity index (χ1) is 11.0. The normalized spacial score (nSPS) is 11.5. The van der Waals surface area contributed by atoms with Crippen LogP contribution in [0, 0.1) is 0 Å². The number of nitrogens with zero attached hydrogens (tertiary/aromatic N) is 3. The summed E-state index contributed by atoms with van der Waals surface area (Å²) in [6.07, 6.45) is 1.92. The average molecular weight is 313 g/mol. The summed E-state index contributed by atoms with van der Waals surface area (Å²) in [7, 11) is 0. The quantitative estimate of drug-likeness (QED) is 0.693.